The molecule has 0 saturated heterocycles. The average Bonchev–Trinajstić information content (AvgIpc) is 2.35. The van der Waals surface area contributed by atoms with E-state index in [2.05, 4.69) is 5.32 Å². The predicted octanol–water partition coefficient (Wildman–Crippen LogP) is 0.534. The zero-order valence-corrected chi connectivity index (χ0v) is 10.2. The highest BCUT2D eigenvalue weighted by molar-refractivity contribution is 5.15. The van der Waals surface area contributed by atoms with E-state index in [1.165, 1.54) is 0 Å². The van der Waals surface area contributed by atoms with Gasteiger partial charge in [0.15, 0.2) is 0 Å². The highest BCUT2D eigenvalue weighted by Gasteiger charge is 2.07. The van der Waals surface area contributed by atoms with Crippen LogP contribution in [-0.2, 0) is 11.2 Å². The third-order valence-electron chi connectivity index (χ3n) is 2.41. The molecule has 0 radical (unpaired) electrons. The molecule has 3 N–H and O–H groups in total. The third kappa shape index (κ3) is 6.38. The van der Waals surface area contributed by atoms with Crippen LogP contribution in [0.15, 0.2) is 30.3 Å². The van der Waals surface area contributed by atoms with Crippen molar-refractivity contribution in [2.24, 2.45) is 0 Å². The van der Waals surface area contributed by atoms with Gasteiger partial charge in [-0.3, -0.25) is 5.32 Å². The first-order valence-corrected chi connectivity index (χ1v) is 5.90. The number of aliphatic hydroxyl groups is 2. The van der Waals surface area contributed by atoms with E-state index in [4.69, 9.17) is 9.84 Å². The van der Waals surface area contributed by atoms with Gasteiger partial charge in [0, 0.05) is 13.0 Å². The Labute approximate surface area is 102 Å². The van der Waals surface area contributed by atoms with Gasteiger partial charge in [-0.15, -0.1) is 0 Å². The van der Waals surface area contributed by atoms with Crippen molar-refractivity contribution in [3.8, 4) is 0 Å². The molecule has 0 saturated carbocycles. The smallest absolute Gasteiger partial charge is 0.109 e. The first-order valence-electron chi connectivity index (χ1n) is 5.90. The molecule has 0 aromatic heterocycles. The number of aliphatic hydroxyl groups excluding tert-OH is 2. The molecule has 0 heterocycles. The van der Waals surface area contributed by atoms with E-state index in [9.17, 15) is 5.11 Å². The molecule has 1 aromatic carbocycles. The van der Waals surface area contributed by atoms with Crippen LogP contribution in [0.3, 0.4) is 0 Å². The van der Waals surface area contributed by atoms with Crippen LogP contribution in [0, 0.1) is 0 Å². The van der Waals surface area contributed by atoms with Crippen molar-refractivity contribution < 1.29 is 14.9 Å². The second kappa shape index (κ2) is 8.20. The molecule has 17 heavy (non-hydrogen) atoms. The summed E-state index contributed by atoms with van der Waals surface area (Å²) in [5.74, 6) is 0. The normalized spacial score (nSPS) is 14.5. The van der Waals surface area contributed by atoms with Gasteiger partial charge in [-0.25, -0.2) is 0 Å². The zero-order chi connectivity index (χ0) is 12.5. The largest absolute Gasteiger partial charge is 0.394 e. The van der Waals surface area contributed by atoms with Gasteiger partial charge >= 0.3 is 0 Å². The Bertz CT molecular complexity index is 292. The molecule has 0 amide bonds. The highest BCUT2D eigenvalue weighted by Crippen LogP contribution is 2.01. The molecule has 4 nitrogen and oxygen atoms in total. The summed E-state index contributed by atoms with van der Waals surface area (Å²) < 4.78 is 5.27. The van der Waals surface area contributed by atoms with E-state index in [1.54, 1.807) is 0 Å². The van der Waals surface area contributed by atoms with Gasteiger partial charge in [-0.2, -0.15) is 0 Å². The summed E-state index contributed by atoms with van der Waals surface area (Å²) in [6, 6.07) is 9.82. The molecule has 0 aliphatic rings. The van der Waals surface area contributed by atoms with E-state index in [0.717, 1.165) is 5.56 Å². The van der Waals surface area contributed by atoms with Crippen LogP contribution in [0.25, 0.3) is 0 Å². The van der Waals surface area contributed by atoms with Crippen molar-refractivity contribution in [3.63, 3.8) is 0 Å². The molecule has 0 aliphatic heterocycles. The number of hydrogen-bond acceptors (Lipinski definition) is 4. The lowest BCUT2D eigenvalue weighted by atomic mass is 10.1. The summed E-state index contributed by atoms with van der Waals surface area (Å²) in [4.78, 5) is 0. The van der Waals surface area contributed by atoms with Crippen LogP contribution in [0.2, 0.25) is 0 Å². The summed E-state index contributed by atoms with van der Waals surface area (Å²) in [6.45, 7) is 2.82. The average molecular weight is 239 g/mol. The van der Waals surface area contributed by atoms with E-state index >= 15 is 0 Å². The molecule has 0 aliphatic carbocycles. The second-order valence-electron chi connectivity index (χ2n) is 4.02. The Hall–Kier alpha value is -0.940. The van der Waals surface area contributed by atoms with E-state index in [1.807, 2.05) is 37.3 Å². The molecular weight excluding hydrogens is 218 g/mol. The van der Waals surface area contributed by atoms with Crippen molar-refractivity contribution in [2.45, 2.75) is 25.7 Å². The van der Waals surface area contributed by atoms with Crippen LogP contribution < -0.4 is 5.32 Å². The first kappa shape index (κ1) is 14.1. The summed E-state index contributed by atoms with van der Waals surface area (Å²) in [6.07, 6.45) is -0.0155. The Morgan fingerprint density at radius 1 is 1.29 bits per heavy atom. The number of nitrogens with one attached hydrogen (secondary N) is 1. The van der Waals surface area contributed by atoms with Gasteiger partial charge in [0.2, 0.25) is 0 Å². The Morgan fingerprint density at radius 2 is 2.00 bits per heavy atom. The van der Waals surface area contributed by atoms with Crippen LogP contribution in [0.5, 0.6) is 0 Å². The molecule has 1 rings (SSSR count). The summed E-state index contributed by atoms with van der Waals surface area (Å²) in [5.41, 5.74) is 1.09. The summed E-state index contributed by atoms with van der Waals surface area (Å²) in [5, 5.41) is 21.3. The Kier molecular flexibility index (Phi) is 6.81. The van der Waals surface area contributed by atoms with Gasteiger partial charge in [-0.05, 0) is 12.5 Å². The van der Waals surface area contributed by atoms with Gasteiger partial charge in [0.25, 0.3) is 0 Å². The number of hydrogen-bond donors (Lipinski definition) is 3. The fourth-order valence-electron chi connectivity index (χ4n) is 1.52. The maximum absolute atomic E-state index is 9.76. The summed E-state index contributed by atoms with van der Waals surface area (Å²) >= 11 is 0. The molecule has 2 atom stereocenters. The maximum Gasteiger partial charge on any atom is 0.109 e. The molecule has 1 aromatic rings. The predicted molar refractivity (Wildman–Crippen MR) is 66.7 cm³/mol. The minimum Gasteiger partial charge on any atom is -0.394 e. The Balaban J connectivity index is 2.19. The second-order valence-corrected chi connectivity index (χ2v) is 4.02. The fourth-order valence-corrected chi connectivity index (χ4v) is 1.52. The van der Waals surface area contributed by atoms with Crippen molar-refractivity contribution >= 4 is 0 Å². The lowest BCUT2D eigenvalue weighted by molar-refractivity contribution is 0.0276. The molecule has 2 unspecified atom stereocenters. The molecule has 0 spiro atoms. The van der Waals surface area contributed by atoms with Crippen molar-refractivity contribution in [2.75, 3.05) is 19.8 Å². The van der Waals surface area contributed by atoms with Gasteiger partial charge in [0.05, 0.1) is 19.3 Å². The molecular formula is C13H21NO3. The lowest BCUT2D eigenvalue weighted by Gasteiger charge is -2.17. The number of ether oxygens (including phenoxy) is 1. The summed E-state index contributed by atoms with van der Waals surface area (Å²) in [7, 11) is 0. The van der Waals surface area contributed by atoms with E-state index < -0.39 is 6.23 Å². The molecule has 96 valence electrons. The minimum atomic E-state index is -0.572. The van der Waals surface area contributed by atoms with E-state index in [-0.39, 0.29) is 12.7 Å². The standard InChI is InChI=1S/C13H21NO3/c1-11(17-8-7-15)10-14-13(16)9-12-5-3-2-4-6-12/h2-6,11,13-16H,7-10H2,1H3. The van der Waals surface area contributed by atoms with Crippen molar-refractivity contribution in [1.29, 1.82) is 0 Å². The third-order valence-corrected chi connectivity index (χ3v) is 2.41. The van der Waals surface area contributed by atoms with Gasteiger partial charge in [-0.1, -0.05) is 30.3 Å². The zero-order valence-electron chi connectivity index (χ0n) is 10.2. The highest BCUT2D eigenvalue weighted by atomic mass is 16.5. The maximum atomic E-state index is 9.76. The van der Waals surface area contributed by atoms with Crippen LogP contribution in [0.4, 0.5) is 0 Å². The number of benzene rings is 1. The van der Waals surface area contributed by atoms with Crippen molar-refractivity contribution in [3.05, 3.63) is 35.9 Å². The van der Waals surface area contributed by atoms with E-state index in [0.29, 0.717) is 19.6 Å². The van der Waals surface area contributed by atoms with Crippen LogP contribution >= 0.6 is 0 Å². The first-order chi connectivity index (χ1) is 8.22. The number of rotatable bonds is 8. The molecule has 0 bridgehead atoms. The van der Waals surface area contributed by atoms with Crippen LogP contribution in [-0.4, -0.2) is 42.3 Å². The monoisotopic (exact) mass is 239 g/mol. The minimum absolute atomic E-state index is 0.0208. The Morgan fingerprint density at radius 3 is 2.65 bits per heavy atom. The van der Waals surface area contributed by atoms with Crippen molar-refractivity contribution in [1.82, 2.24) is 5.32 Å². The topological polar surface area (TPSA) is 61.7 Å². The van der Waals surface area contributed by atoms with Gasteiger partial charge < -0.3 is 14.9 Å². The SMILES string of the molecule is CC(CNC(O)Cc1ccccc1)OCCO. The lowest BCUT2D eigenvalue weighted by Crippen LogP contribution is -2.37. The molecule has 0 fully saturated rings. The quantitative estimate of drug-likeness (QED) is 0.579. The fraction of sp³-hybridized carbons (Fsp3) is 0.538. The van der Waals surface area contributed by atoms with Crippen LogP contribution in [0.1, 0.15) is 12.5 Å². The molecule has 4 heteroatoms. The van der Waals surface area contributed by atoms with Gasteiger partial charge in [0.1, 0.15) is 6.23 Å².